The van der Waals surface area contributed by atoms with Gasteiger partial charge in [-0.15, -0.1) is 0 Å². The Bertz CT molecular complexity index is 1320. The number of aryl methyl sites for hydroxylation is 1. The van der Waals surface area contributed by atoms with Gasteiger partial charge in [0.1, 0.15) is 6.04 Å². The largest absolute Gasteiger partial charge is 0.370 e. The molecule has 1 fully saturated rings. The fourth-order valence-corrected chi connectivity index (χ4v) is 5.49. The molecule has 1 aliphatic rings. The molecule has 8 nitrogen and oxygen atoms in total. The zero-order chi connectivity index (χ0) is 29.9. The summed E-state index contributed by atoms with van der Waals surface area (Å²) in [5, 5.41) is 17.3. The molecule has 0 aliphatic carbocycles. The van der Waals surface area contributed by atoms with Crippen LogP contribution in [0.2, 0.25) is 0 Å². The van der Waals surface area contributed by atoms with Gasteiger partial charge in [-0.25, -0.2) is 0 Å². The van der Waals surface area contributed by atoms with Gasteiger partial charge in [-0.3, -0.25) is 20.3 Å². The van der Waals surface area contributed by atoms with Crippen LogP contribution in [0.15, 0.2) is 91.0 Å². The van der Waals surface area contributed by atoms with Gasteiger partial charge < -0.3 is 21.3 Å². The molecule has 0 saturated carbocycles. The lowest BCUT2D eigenvalue weighted by Crippen LogP contribution is -2.60. The van der Waals surface area contributed by atoms with E-state index in [1.54, 1.807) is 6.08 Å². The first kappa shape index (κ1) is 30.5. The van der Waals surface area contributed by atoms with Crippen molar-refractivity contribution in [3.05, 3.63) is 113 Å². The number of hydrogen-bond acceptors (Lipinski definition) is 4. The summed E-state index contributed by atoms with van der Waals surface area (Å²) in [7, 11) is 0. The van der Waals surface area contributed by atoms with Crippen LogP contribution in [-0.2, 0) is 9.59 Å². The number of nitrogens with zero attached hydrogens (tertiary/aromatic N) is 1. The number of benzene rings is 3. The van der Waals surface area contributed by atoms with E-state index in [9.17, 15) is 9.59 Å². The lowest BCUT2D eigenvalue weighted by atomic mass is 9.90. The molecule has 2 amide bonds. The van der Waals surface area contributed by atoms with E-state index in [2.05, 4.69) is 40.2 Å². The Hall–Kier alpha value is -4.43. The minimum Gasteiger partial charge on any atom is -0.370 e. The van der Waals surface area contributed by atoms with Crippen LogP contribution < -0.4 is 21.7 Å². The van der Waals surface area contributed by atoms with Crippen molar-refractivity contribution in [2.75, 3.05) is 19.6 Å². The van der Waals surface area contributed by atoms with Crippen LogP contribution in [0.1, 0.15) is 47.9 Å². The predicted octanol–water partition coefficient (Wildman–Crippen LogP) is 3.78. The van der Waals surface area contributed by atoms with Gasteiger partial charge in [0, 0.05) is 37.7 Å². The molecule has 0 radical (unpaired) electrons. The summed E-state index contributed by atoms with van der Waals surface area (Å²) >= 11 is 0. The van der Waals surface area contributed by atoms with E-state index in [1.807, 2.05) is 85.5 Å². The van der Waals surface area contributed by atoms with Crippen LogP contribution >= 0.6 is 0 Å². The first-order valence-electron chi connectivity index (χ1n) is 14.6. The lowest BCUT2D eigenvalue weighted by Gasteiger charge is -2.32. The van der Waals surface area contributed by atoms with Gasteiger partial charge in [-0.05, 0) is 48.1 Å². The minimum absolute atomic E-state index is 0.000626. The average molecular weight is 567 g/mol. The second-order valence-electron chi connectivity index (χ2n) is 10.8. The summed E-state index contributed by atoms with van der Waals surface area (Å²) in [4.78, 5) is 28.7. The van der Waals surface area contributed by atoms with Crippen molar-refractivity contribution in [1.29, 1.82) is 5.41 Å². The first-order valence-corrected chi connectivity index (χ1v) is 14.6. The predicted molar refractivity (Wildman–Crippen MR) is 169 cm³/mol. The number of nitrogens with one attached hydrogen (secondary N) is 4. The van der Waals surface area contributed by atoms with E-state index in [0.717, 1.165) is 22.3 Å². The molecule has 3 aromatic carbocycles. The van der Waals surface area contributed by atoms with Crippen molar-refractivity contribution in [2.24, 2.45) is 5.73 Å². The van der Waals surface area contributed by atoms with Crippen molar-refractivity contribution < 1.29 is 9.59 Å². The number of guanidine groups is 1. The molecule has 1 unspecified atom stereocenters. The summed E-state index contributed by atoms with van der Waals surface area (Å²) in [6.45, 7) is 5.39. The second-order valence-corrected chi connectivity index (χ2v) is 10.8. The van der Waals surface area contributed by atoms with E-state index < -0.39 is 6.04 Å². The maximum atomic E-state index is 14.1. The summed E-state index contributed by atoms with van der Waals surface area (Å²) in [5.41, 5.74) is 10.1. The molecule has 0 spiro atoms. The number of rotatable bonds is 11. The normalized spacial score (nSPS) is 18.1. The molecule has 4 rings (SSSR count). The molecular formula is C34H42N6O2. The topological polar surface area (TPSA) is 123 Å². The van der Waals surface area contributed by atoms with Gasteiger partial charge in [-0.2, -0.15) is 0 Å². The smallest absolute Gasteiger partial charge is 0.244 e. The minimum atomic E-state index is -0.613. The van der Waals surface area contributed by atoms with Crippen LogP contribution in [0.4, 0.5) is 0 Å². The zero-order valence-electron chi connectivity index (χ0n) is 24.4. The van der Waals surface area contributed by atoms with E-state index in [-0.39, 0.29) is 35.8 Å². The van der Waals surface area contributed by atoms with Gasteiger partial charge in [-0.1, -0.05) is 91.9 Å². The third kappa shape index (κ3) is 8.30. The Morgan fingerprint density at radius 3 is 2.26 bits per heavy atom. The Morgan fingerprint density at radius 2 is 1.67 bits per heavy atom. The highest BCUT2D eigenvalue weighted by Gasteiger charge is 2.37. The van der Waals surface area contributed by atoms with Crippen molar-refractivity contribution >= 4 is 23.8 Å². The van der Waals surface area contributed by atoms with Crippen molar-refractivity contribution in [2.45, 2.75) is 50.7 Å². The number of carbonyl (C=O) groups is 2. The number of nitrogens with two attached hydrogens (primary N) is 1. The molecule has 3 atom stereocenters. The molecule has 3 aromatic rings. The number of hydrogen-bond donors (Lipinski definition) is 5. The summed E-state index contributed by atoms with van der Waals surface area (Å²) in [6.07, 6.45) is 4.62. The third-order valence-electron chi connectivity index (χ3n) is 7.86. The maximum Gasteiger partial charge on any atom is 0.244 e. The highest BCUT2D eigenvalue weighted by atomic mass is 16.2. The molecule has 1 saturated heterocycles. The van der Waals surface area contributed by atoms with E-state index in [0.29, 0.717) is 32.5 Å². The molecule has 8 heteroatoms. The van der Waals surface area contributed by atoms with E-state index in [4.69, 9.17) is 11.1 Å². The SMILES string of the molecule is CCC(NC(=N)N)[C@@H]1N[C@H](CNC(=O)/C=C/c2ccccc2C)CCN(CC(c2ccccc2)c2ccccc2)C1=O. The highest BCUT2D eigenvalue weighted by molar-refractivity contribution is 5.92. The molecule has 0 aromatic heterocycles. The van der Waals surface area contributed by atoms with Crippen LogP contribution in [0.3, 0.4) is 0 Å². The van der Waals surface area contributed by atoms with Crippen LogP contribution in [0.5, 0.6) is 0 Å². The molecule has 42 heavy (non-hydrogen) atoms. The Morgan fingerprint density at radius 1 is 1.05 bits per heavy atom. The number of amides is 2. The fourth-order valence-electron chi connectivity index (χ4n) is 5.49. The monoisotopic (exact) mass is 566 g/mol. The Balaban J connectivity index is 1.53. The maximum absolute atomic E-state index is 14.1. The fraction of sp³-hybridized carbons (Fsp3) is 0.324. The lowest BCUT2D eigenvalue weighted by molar-refractivity contribution is -0.133. The molecule has 0 bridgehead atoms. The third-order valence-corrected chi connectivity index (χ3v) is 7.86. The Kier molecular flexibility index (Phi) is 10.9. The summed E-state index contributed by atoms with van der Waals surface area (Å²) < 4.78 is 0. The standard InChI is InChI=1S/C34H42N6O2/c1-3-30(39-34(35)36)32-33(42)40(23-29(26-14-6-4-7-15-26)27-16-8-5-9-17-27)21-20-28(38-32)22-37-31(41)19-18-25-13-11-10-12-24(25)2/h4-19,28-30,32,38H,3,20-23H2,1-2H3,(H,37,41)(H4,35,36,39)/b19-18+/t28-,30?,32-/m0/s1. The Labute approximate surface area is 248 Å². The molecule has 220 valence electrons. The van der Waals surface area contributed by atoms with Crippen LogP contribution in [0.25, 0.3) is 6.08 Å². The zero-order valence-corrected chi connectivity index (χ0v) is 24.4. The quantitative estimate of drug-likeness (QED) is 0.137. The van der Waals surface area contributed by atoms with Gasteiger partial charge in [0.25, 0.3) is 0 Å². The van der Waals surface area contributed by atoms with E-state index >= 15 is 0 Å². The number of carbonyl (C=O) groups excluding carboxylic acids is 2. The van der Waals surface area contributed by atoms with Gasteiger partial charge in [0.2, 0.25) is 11.8 Å². The highest BCUT2D eigenvalue weighted by Crippen LogP contribution is 2.27. The first-order chi connectivity index (χ1) is 20.4. The molecule has 6 N–H and O–H groups in total. The van der Waals surface area contributed by atoms with Gasteiger partial charge in [0.15, 0.2) is 5.96 Å². The van der Waals surface area contributed by atoms with Gasteiger partial charge >= 0.3 is 0 Å². The van der Waals surface area contributed by atoms with E-state index in [1.165, 1.54) is 0 Å². The molecule has 1 aliphatic heterocycles. The summed E-state index contributed by atoms with van der Waals surface area (Å²) in [5.74, 6) is -0.405. The van der Waals surface area contributed by atoms with Crippen LogP contribution in [0, 0.1) is 12.3 Å². The van der Waals surface area contributed by atoms with Crippen LogP contribution in [-0.4, -0.2) is 60.4 Å². The second kappa shape index (κ2) is 15.0. The van der Waals surface area contributed by atoms with Crippen molar-refractivity contribution in [1.82, 2.24) is 20.9 Å². The van der Waals surface area contributed by atoms with Gasteiger partial charge in [0.05, 0.1) is 6.04 Å². The molecular weight excluding hydrogens is 524 g/mol. The molecule has 1 heterocycles. The van der Waals surface area contributed by atoms with Crippen molar-refractivity contribution in [3.63, 3.8) is 0 Å². The average Bonchev–Trinajstić information content (AvgIpc) is 3.16. The summed E-state index contributed by atoms with van der Waals surface area (Å²) in [6, 6.07) is 27.3. The van der Waals surface area contributed by atoms with Crippen molar-refractivity contribution in [3.8, 4) is 0 Å².